The highest BCUT2D eigenvalue weighted by atomic mass is 32.2. The van der Waals surface area contributed by atoms with Gasteiger partial charge in [-0.05, 0) is 37.0 Å². The molecule has 134 valence electrons. The highest BCUT2D eigenvalue weighted by molar-refractivity contribution is 7.87. The first-order valence-corrected chi connectivity index (χ1v) is 10.1. The summed E-state index contributed by atoms with van der Waals surface area (Å²) in [5.41, 5.74) is 0.328. The predicted octanol–water partition coefficient (Wildman–Crippen LogP) is 1.76. The highest BCUT2D eigenvalue weighted by Crippen LogP contribution is 2.41. The van der Waals surface area contributed by atoms with Crippen LogP contribution in [0.5, 0.6) is 0 Å². The normalized spacial score (nSPS) is 25.6. The van der Waals surface area contributed by atoms with E-state index in [1.54, 1.807) is 11.0 Å². The van der Waals surface area contributed by atoms with E-state index in [4.69, 9.17) is 0 Å². The summed E-state index contributed by atoms with van der Waals surface area (Å²) in [6, 6.07) is 5.68. The number of nitrogens with zero attached hydrogens (tertiary/aromatic N) is 2. The van der Waals surface area contributed by atoms with Gasteiger partial charge in [0.15, 0.2) is 0 Å². The Labute approximate surface area is 148 Å². The molecule has 1 saturated carbocycles. The topological polar surface area (TPSA) is 57.7 Å². The minimum atomic E-state index is -1.21. The molecule has 1 unspecified atom stereocenters. The first-order chi connectivity index (χ1) is 12.0. The zero-order chi connectivity index (χ0) is 17.6. The SMILES string of the molecule is O=C(c1cccc(F)c1)N1CCC2(CC1)N(CC1CC1)C(=O)CS2=O. The van der Waals surface area contributed by atoms with Gasteiger partial charge in [0, 0.05) is 38.0 Å². The van der Waals surface area contributed by atoms with Crippen LogP contribution in [0.15, 0.2) is 24.3 Å². The standard InChI is InChI=1S/C18H21FN2O3S/c19-15-3-1-2-14(10-15)17(23)20-8-6-18(7-9-20)21(11-13-4-5-13)16(22)12-25(18)24/h1-3,10,13H,4-9,11-12H2. The van der Waals surface area contributed by atoms with E-state index in [9.17, 15) is 18.2 Å². The molecule has 2 heterocycles. The van der Waals surface area contributed by atoms with E-state index in [-0.39, 0.29) is 17.6 Å². The summed E-state index contributed by atoms with van der Waals surface area (Å²) in [6.45, 7) is 1.58. The molecule has 25 heavy (non-hydrogen) atoms. The summed E-state index contributed by atoms with van der Waals surface area (Å²) in [5.74, 6) is -0.0152. The minimum absolute atomic E-state index is 0.0184. The molecule has 0 aromatic heterocycles. The molecular weight excluding hydrogens is 343 g/mol. The number of halogens is 1. The van der Waals surface area contributed by atoms with Crippen LogP contribution < -0.4 is 0 Å². The van der Waals surface area contributed by atoms with E-state index in [2.05, 4.69) is 0 Å². The Balaban J connectivity index is 1.48. The zero-order valence-electron chi connectivity index (χ0n) is 13.9. The quantitative estimate of drug-likeness (QED) is 0.821. The summed E-state index contributed by atoms with van der Waals surface area (Å²) in [5, 5.41) is 0. The number of benzene rings is 1. The molecule has 0 N–H and O–H groups in total. The van der Waals surface area contributed by atoms with Gasteiger partial charge in [0.25, 0.3) is 5.91 Å². The Bertz CT molecular complexity index is 742. The monoisotopic (exact) mass is 364 g/mol. The molecule has 1 spiro atoms. The van der Waals surface area contributed by atoms with Crippen LogP contribution in [0.3, 0.4) is 0 Å². The first-order valence-electron chi connectivity index (χ1n) is 8.73. The number of rotatable bonds is 3. The molecule has 0 bridgehead atoms. The number of likely N-dealkylation sites (tertiary alicyclic amines) is 1. The molecule has 2 saturated heterocycles. The number of carbonyl (C=O) groups excluding carboxylic acids is 2. The minimum Gasteiger partial charge on any atom is -0.338 e. The zero-order valence-corrected chi connectivity index (χ0v) is 14.8. The molecule has 3 aliphatic rings. The van der Waals surface area contributed by atoms with Crippen LogP contribution >= 0.6 is 0 Å². The van der Waals surface area contributed by atoms with Crippen molar-refractivity contribution in [2.45, 2.75) is 30.6 Å². The number of carbonyl (C=O) groups is 2. The molecule has 1 atom stereocenters. The molecule has 4 rings (SSSR count). The largest absolute Gasteiger partial charge is 0.338 e. The predicted molar refractivity (Wildman–Crippen MR) is 91.7 cm³/mol. The summed E-state index contributed by atoms with van der Waals surface area (Å²) in [6.07, 6.45) is 3.33. The Morgan fingerprint density at radius 3 is 2.64 bits per heavy atom. The van der Waals surface area contributed by atoms with Crippen LogP contribution in [0.4, 0.5) is 4.39 Å². The van der Waals surface area contributed by atoms with E-state index in [1.165, 1.54) is 18.2 Å². The van der Waals surface area contributed by atoms with Gasteiger partial charge < -0.3 is 9.80 Å². The summed E-state index contributed by atoms with van der Waals surface area (Å²) >= 11 is 0. The maximum Gasteiger partial charge on any atom is 0.253 e. The van der Waals surface area contributed by atoms with E-state index in [1.807, 2.05) is 4.90 Å². The van der Waals surface area contributed by atoms with Gasteiger partial charge in [0.05, 0.1) is 10.8 Å². The molecule has 1 aromatic rings. The van der Waals surface area contributed by atoms with Gasteiger partial charge in [-0.15, -0.1) is 0 Å². The molecule has 7 heteroatoms. The average Bonchev–Trinajstić information content (AvgIpc) is 3.39. The maximum absolute atomic E-state index is 13.4. The van der Waals surface area contributed by atoms with E-state index >= 15 is 0 Å². The van der Waals surface area contributed by atoms with Gasteiger partial charge >= 0.3 is 0 Å². The fourth-order valence-electron chi connectivity index (χ4n) is 3.86. The Morgan fingerprint density at radius 1 is 1.28 bits per heavy atom. The van der Waals surface area contributed by atoms with Gasteiger partial charge in [-0.2, -0.15) is 0 Å². The third-order valence-corrected chi connectivity index (χ3v) is 7.50. The number of hydrogen-bond donors (Lipinski definition) is 0. The van der Waals surface area contributed by atoms with Crippen molar-refractivity contribution in [1.82, 2.24) is 9.80 Å². The Kier molecular flexibility index (Phi) is 4.14. The number of amides is 2. The second kappa shape index (κ2) is 6.20. The van der Waals surface area contributed by atoms with Crippen molar-refractivity contribution in [2.24, 2.45) is 5.92 Å². The average molecular weight is 364 g/mol. The van der Waals surface area contributed by atoms with Gasteiger partial charge in [-0.1, -0.05) is 6.07 Å². The fourth-order valence-corrected chi connectivity index (χ4v) is 5.57. The first kappa shape index (κ1) is 16.7. The summed E-state index contributed by atoms with van der Waals surface area (Å²) in [7, 11) is -1.21. The van der Waals surface area contributed by atoms with Crippen molar-refractivity contribution in [3.8, 4) is 0 Å². The fraction of sp³-hybridized carbons (Fsp3) is 0.556. The van der Waals surface area contributed by atoms with E-state index < -0.39 is 21.5 Å². The van der Waals surface area contributed by atoms with Crippen molar-refractivity contribution in [3.05, 3.63) is 35.6 Å². The van der Waals surface area contributed by atoms with E-state index in [0.717, 1.165) is 12.8 Å². The van der Waals surface area contributed by atoms with Crippen molar-refractivity contribution >= 4 is 22.6 Å². The molecule has 1 aliphatic carbocycles. The molecule has 2 aliphatic heterocycles. The van der Waals surface area contributed by atoms with Gasteiger partial charge in [-0.3, -0.25) is 13.8 Å². The second-order valence-corrected chi connectivity index (χ2v) is 8.93. The third-order valence-electron chi connectivity index (χ3n) is 5.51. The molecule has 1 aromatic carbocycles. The molecule has 2 amide bonds. The lowest BCUT2D eigenvalue weighted by atomic mass is 10.0. The van der Waals surface area contributed by atoms with Crippen molar-refractivity contribution in [3.63, 3.8) is 0 Å². The van der Waals surface area contributed by atoms with Crippen LogP contribution in [0.2, 0.25) is 0 Å². The summed E-state index contributed by atoms with van der Waals surface area (Å²) in [4.78, 5) is 27.8. The molecule has 3 fully saturated rings. The van der Waals surface area contributed by atoms with E-state index in [0.29, 0.717) is 44.0 Å². The number of hydrogen-bond acceptors (Lipinski definition) is 3. The lowest BCUT2D eigenvalue weighted by Gasteiger charge is -2.43. The third kappa shape index (κ3) is 2.99. The smallest absolute Gasteiger partial charge is 0.253 e. The van der Waals surface area contributed by atoms with Crippen molar-refractivity contribution < 1.29 is 18.2 Å². The van der Waals surface area contributed by atoms with Crippen LogP contribution in [-0.4, -0.2) is 56.1 Å². The van der Waals surface area contributed by atoms with Gasteiger partial charge in [0.2, 0.25) is 5.91 Å². The molecule has 0 radical (unpaired) electrons. The van der Waals surface area contributed by atoms with Crippen molar-refractivity contribution in [1.29, 1.82) is 0 Å². The van der Waals surface area contributed by atoms with Crippen molar-refractivity contribution in [2.75, 3.05) is 25.4 Å². The van der Waals surface area contributed by atoms with Crippen LogP contribution in [0.25, 0.3) is 0 Å². The van der Waals surface area contributed by atoms with Gasteiger partial charge in [0.1, 0.15) is 16.4 Å². The lowest BCUT2D eigenvalue weighted by Crippen LogP contribution is -2.56. The van der Waals surface area contributed by atoms with Crippen LogP contribution in [0.1, 0.15) is 36.0 Å². The lowest BCUT2D eigenvalue weighted by molar-refractivity contribution is -0.131. The second-order valence-electron chi connectivity index (χ2n) is 7.19. The Morgan fingerprint density at radius 2 is 2.00 bits per heavy atom. The maximum atomic E-state index is 13.4. The highest BCUT2D eigenvalue weighted by Gasteiger charge is 2.54. The molecular formula is C18H21FN2O3S. The Hall–Kier alpha value is -1.76. The van der Waals surface area contributed by atoms with Crippen LogP contribution in [-0.2, 0) is 15.6 Å². The van der Waals surface area contributed by atoms with Gasteiger partial charge in [-0.25, -0.2) is 4.39 Å². The number of piperidine rings is 1. The molecule has 5 nitrogen and oxygen atoms in total. The summed E-state index contributed by atoms with van der Waals surface area (Å²) < 4.78 is 26.0. The van der Waals surface area contributed by atoms with Crippen LogP contribution in [0, 0.1) is 11.7 Å².